The summed E-state index contributed by atoms with van der Waals surface area (Å²) in [4.78, 5) is 1.22. The van der Waals surface area contributed by atoms with Gasteiger partial charge in [-0.15, -0.1) is 0 Å². The molecular weight excluding hydrogens is 209 g/mol. The lowest BCUT2D eigenvalue weighted by Crippen LogP contribution is -2.22. The highest BCUT2D eigenvalue weighted by molar-refractivity contribution is 7.97. The van der Waals surface area contributed by atoms with Crippen LogP contribution in [0.3, 0.4) is 0 Å². The normalized spacial score (nSPS) is 17.9. The molecule has 1 heterocycles. The predicted octanol–water partition coefficient (Wildman–Crippen LogP) is 3.76. The molecule has 0 aliphatic carbocycles. The van der Waals surface area contributed by atoms with Gasteiger partial charge < -0.3 is 0 Å². The number of rotatable bonds is 2. The number of hydrogen-bond acceptors (Lipinski definition) is 2. The average molecular weight is 225 g/mol. The van der Waals surface area contributed by atoms with Crippen molar-refractivity contribution in [2.45, 2.75) is 44.7 Å². The smallest absolute Gasteiger partial charge is 0.126 e. The lowest BCUT2D eigenvalue weighted by molar-refractivity contribution is 0.366. The van der Waals surface area contributed by atoms with Gasteiger partial charge in [0.25, 0.3) is 0 Å². The fourth-order valence-corrected chi connectivity index (χ4v) is 2.98. The van der Waals surface area contributed by atoms with Crippen LogP contribution in [0, 0.1) is 12.7 Å². The van der Waals surface area contributed by atoms with E-state index < -0.39 is 0 Å². The molecule has 3 heteroatoms. The molecule has 1 atom stereocenters. The molecule has 1 nitrogen and oxygen atoms in total. The van der Waals surface area contributed by atoms with Crippen molar-refractivity contribution >= 4 is 11.9 Å². The second kappa shape index (κ2) is 4.14. The summed E-state index contributed by atoms with van der Waals surface area (Å²) in [5.74, 6) is -0.0830. The molecule has 0 bridgehead atoms. The molecule has 1 aliphatic rings. The molecule has 0 saturated carbocycles. The van der Waals surface area contributed by atoms with Crippen molar-refractivity contribution in [3.8, 4) is 0 Å². The van der Waals surface area contributed by atoms with Gasteiger partial charge in [-0.2, -0.15) is 0 Å². The third-order valence-electron chi connectivity index (χ3n) is 3.10. The minimum Gasteiger partial charge on any atom is -0.239 e. The third-order valence-corrected chi connectivity index (χ3v) is 4.40. The molecule has 0 N–H and O–H groups in total. The molecule has 0 spiro atoms. The Bertz CT molecular complexity index is 378. The first-order valence-corrected chi connectivity index (χ1v) is 6.13. The van der Waals surface area contributed by atoms with Crippen molar-refractivity contribution in [3.63, 3.8) is 0 Å². The number of fused-ring (bicyclic) bond motifs is 1. The van der Waals surface area contributed by atoms with E-state index in [-0.39, 0.29) is 5.82 Å². The van der Waals surface area contributed by atoms with Crippen LogP contribution in [0.5, 0.6) is 0 Å². The van der Waals surface area contributed by atoms with Crippen LogP contribution in [-0.2, 0) is 6.54 Å². The zero-order chi connectivity index (χ0) is 11.0. The van der Waals surface area contributed by atoms with Crippen LogP contribution >= 0.6 is 11.9 Å². The third kappa shape index (κ3) is 1.91. The predicted molar refractivity (Wildman–Crippen MR) is 62.3 cm³/mol. The van der Waals surface area contributed by atoms with Crippen LogP contribution in [0.25, 0.3) is 0 Å². The molecule has 2 rings (SSSR count). The fraction of sp³-hybridized carbons (Fsp3) is 0.500. The number of hydrogen-bond donors (Lipinski definition) is 0. The van der Waals surface area contributed by atoms with Crippen LogP contribution in [0.15, 0.2) is 17.0 Å². The maximum absolute atomic E-state index is 13.4. The summed E-state index contributed by atoms with van der Waals surface area (Å²) >= 11 is 1.76. The second-order valence-corrected chi connectivity index (χ2v) is 5.16. The van der Waals surface area contributed by atoms with E-state index in [2.05, 4.69) is 18.2 Å². The Morgan fingerprint density at radius 2 is 2.27 bits per heavy atom. The van der Waals surface area contributed by atoms with E-state index in [0.29, 0.717) is 6.04 Å². The van der Waals surface area contributed by atoms with E-state index in [1.54, 1.807) is 18.0 Å². The Morgan fingerprint density at radius 1 is 1.53 bits per heavy atom. The lowest BCUT2D eigenvalue weighted by atomic mass is 10.1. The fourth-order valence-electron chi connectivity index (χ4n) is 1.75. The van der Waals surface area contributed by atoms with Gasteiger partial charge in [-0.1, -0.05) is 6.92 Å². The maximum Gasteiger partial charge on any atom is 0.126 e. The highest BCUT2D eigenvalue weighted by Gasteiger charge is 2.25. The van der Waals surface area contributed by atoms with Crippen molar-refractivity contribution < 1.29 is 4.39 Å². The van der Waals surface area contributed by atoms with Crippen molar-refractivity contribution in [1.29, 1.82) is 0 Å². The molecule has 1 aliphatic heterocycles. The van der Waals surface area contributed by atoms with Gasteiger partial charge >= 0.3 is 0 Å². The Morgan fingerprint density at radius 3 is 2.93 bits per heavy atom. The van der Waals surface area contributed by atoms with Gasteiger partial charge in [0.2, 0.25) is 0 Å². The van der Waals surface area contributed by atoms with Crippen LogP contribution in [0.2, 0.25) is 0 Å². The SMILES string of the molecule is CCC(C)N1Cc2c(ccc(F)c2C)S1. The molecule has 0 amide bonds. The van der Waals surface area contributed by atoms with Crippen LogP contribution in [0.4, 0.5) is 4.39 Å². The molecule has 0 fully saturated rings. The van der Waals surface area contributed by atoms with Crippen molar-refractivity contribution in [1.82, 2.24) is 4.31 Å². The highest BCUT2D eigenvalue weighted by atomic mass is 32.2. The van der Waals surface area contributed by atoms with E-state index >= 15 is 0 Å². The van der Waals surface area contributed by atoms with E-state index in [9.17, 15) is 4.39 Å². The molecule has 0 aromatic heterocycles. The standard InChI is InChI=1S/C12H16FNS/c1-4-8(2)14-7-10-9(3)11(13)5-6-12(10)15-14/h5-6,8H,4,7H2,1-3H3. The molecule has 82 valence electrons. The van der Waals surface area contributed by atoms with Gasteiger partial charge in [0, 0.05) is 17.5 Å². The highest BCUT2D eigenvalue weighted by Crippen LogP contribution is 2.39. The van der Waals surface area contributed by atoms with Gasteiger partial charge in [0.05, 0.1) is 0 Å². The van der Waals surface area contributed by atoms with Gasteiger partial charge in [-0.3, -0.25) is 0 Å². The Labute approximate surface area is 94.8 Å². The maximum atomic E-state index is 13.4. The first-order valence-electron chi connectivity index (χ1n) is 5.36. The topological polar surface area (TPSA) is 3.24 Å². The summed E-state index contributed by atoms with van der Waals surface area (Å²) in [6.07, 6.45) is 1.13. The first kappa shape index (κ1) is 11.0. The van der Waals surface area contributed by atoms with E-state index in [1.807, 2.05) is 13.0 Å². The average Bonchev–Trinajstić information content (AvgIpc) is 2.67. The Hall–Kier alpha value is -0.540. The van der Waals surface area contributed by atoms with E-state index in [0.717, 1.165) is 18.5 Å². The van der Waals surface area contributed by atoms with E-state index in [1.165, 1.54) is 10.5 Å². The van der Waals surface area contributed by atoms with Crippen LogP contribution in [0.1, 0.15) is 31.4 Å². The van der Waals surface area contributed by atoms with Crippen molar-refractivity contribution in [2.75, 3.05) is 0 Å². The van der Waals surface area contributed by atoms with Crippen molar-refractivity contribution in [2.24, 2.45) is 0 Å². The Kier molecular flexibility index (Phi) is 3.03. The summed E-state index contributed by atoms with van der Waals surface area (Å²) in [5, 5.41) is 0. The van der Waals surface area contributed by atoms with Crippen molar-refractivity contribution in [3.05, 3.63) is 29.1 Å². The number of benzene rings is 1. The molecular formula is C12H16FNS. The Balaban J connectivity index is 2.27. The van der Waals surface area contributed by atoms with Gasteiger partial charge in [0.1, 0.15) is 5.82 Å². The number of halogens is 1. The lowest BCUT2D eigenvalue weighted by Gasteiger charge is -2.20. The summed E-state index contributed by atoms with van der Waals surface area (Å²) in [5.41, 5.74) is 1.98. The second-order valence-electron chi connectivity index (χ2n) is 4.07. The molecule has 1 aromatic carbocycles. The van der Waals surface area contributed by atoms with Gasteiger partial charge in [0.15, 0.2) is 0 Å². The molecule has 1 aromatic rings. The largest absolute Gasteiger partial charge is 0.239 e. The minimum absolute atomic E-state index is 0.0830. The zero-order valence-electron chi connectivity index (χ0n) is 9.38. The molecule has 15 heavy (non-hydrogen) atoms. The van der Waals surface area contributed by atoms with Crippen LogP contribution < -0.4 is 0 Å². The molecule has 1 unspecified atom stereocenters. The van der Waals surface area contributed by atoms with E-state index in [4.69, 9.17) is 0 Å². The first-order chi connectivity index (χ1) is 7.13. The van der Waals surface area contributed by atoms with Crippen LogP contribution in [-0.4, -0.2) is 10.3 Å². The molecule has 0 saturated heterocycles. The summed E-state index contributed by atoms with van der Waals surface area (Å²) < 4.78 is 15.7. The van der Waals surface area contributed by atoms with Gasteiger partial charge in [-0.25, -0.2) is 8.70 Å². The quantitative estimate of drug-likeness (QED) is 0.705. The van der Waals surface area contributed by atoms with Gasteiger partial charge in [-0.05, 0) is 55.5 Å². The number of nitrogens with zero attached hydrogens (tertiary/aromatic N) is 1. The minimum atomic E-state index is -0.0830. The summed E-state index contributed by atoms with van der Waals surface area (Å²) in [6, 6.07) is 4.01. The summed E-state index contributed by atoms with van der Waals surface area (Å²) in [7, 11) is 0. The summed E-state index contributed by atoms with van der Waals surface area (Å²) in [6.45, 7) is 7.14. The molecule has 0 radical (unpaired) electrons. The monoisotopic (exact) mass is 225 g/mol. The zero-order valence-corrected chi connectivity index (χ0v) is 10.2.